The average molecular weight is 260 g/mol. The van der Waals surface area contributed by atoms with Crippen molar-refractivity contribution < 1.29 is 17.6 Å². The van der Waals surface area contributed by atoms with Gasteiger partial charge in [0.1, 0.15) is 5.82 Å². The first-order valence-electron chi connectivity index (χ1n) is 4.69. The Bertz CT molecular complexity index is 567. The van der Waals surface area contributed by atoms with Crippen molar-refractivity contribution in [1.82, 2.24) is 4.90 Å². The third-order valence-corrected chi connectivity index (χ3v) is 3.09. The third kappa shape index (κ3) is 2.80. The molecule has 0 aliphatic rings. The first-order valence-corrected chi connectivity index (χ1v) is 6.24. The van der Waals surface area contributed by atoms with E-state index in [1.165, 1.54) is 21.0 Å². The molecule has 0 heterocycles. The molecule has 0 fully saturated rings. The van der Waals surface area contributed by atoms with Gasteiger partial charge in [-0.15, -0.1) is 0 Å². The number of primary sulfonamides is 1. The van der Waals surface area contributed by atoms with Gasteiger partial charge in [-0.1, -0.05) is 0 Å². The first-order chi connectivity index (χ1) is 7.64. The van der Waals surface area contributed by atoms with Crippen LogP contribution in [0.4, 0.5) is 4.39 Å². The van der Waals surface area contributed by atoms with E-state index in [-0.39, 0.29) is 16.0 Å². The van der Waals surface area contributed by atoms with E-state index in [1.54, 1.807) is 0 Å². The number of benzene rings is 1. The van der Waals surface area contributed by atoms with Gasteiger partial charge in [-0.05, 0) is 24.6 Å². The van der Waals surface area contributed by atoms with E-state index in [9.17, 15) is 17.6 Å². The van der Waals surface area contributed by atoms with Crippen molar-refractivity contribution in [3.05, 3.63) is 29.1 Å². The molecule has 7 heteroatoms. The number of amides is 1. The molecule has 0 saturated carbocycles. The summed E-state index contributed by atoms with van der Waals surface area (Å²) in [6.07, 6.45) is 0. The number of hydrogen-bond acceptors (Lipinski definition) is 3. The predicted molar refractivity (Wildman–Crippen MR) is 60.5 cm³/mol. The summed E-state index contributed by atoms with van der Waals surface area (Å²) < 4.78 is 36.0. The highest BCUT2D eigenvalue weighted by molar-refractivity contribution is 7.89. The summed E-state index contributed by atoms with van der Waals surface area (Å²) in [4.78, 5) is 12.5. The molecule has 0 aliphatic carbocycles. The van der Waals surface area contributed by atoms with E-state index in [4.69, 9.17) is 5.14 Å². The van der Waals surface area contributed by atoms with Crippen LogP contribution in [-0.2, 0) is 10.0 Å². The second-order valence-corrected chi connectivity index (χ2v) is 5.41. The summed E-state index contributed by atoms with van der Waals surface area (Å²) in [5, 5.41) is 4.95. The van der Waals surface area contributed by atoms with E-state index < -0.39 is 21.7 Å². The van der Waals surface area contributed by atoms with Crippen LogP contribution in [-0.4, -0.2) is 33.3 Å². The van der Waals surface area contributed by atoms with Gasteiger partial charge in [0.25, 0.3) is 5.91 Å². The second kappa shape index (κ2) is 4.42. The summed E-state index contributed by atoms with van der Waals surface area (Å²) >= 11 is 0. The van der Waals surface area contributed by atoms with Crippen LogP contribution >= 0.6 is 0 Å². The zero-order chi connectivity index (χ0) is 13.4. The predicted octanol–water partition coefficient (Wildman–Crippen LogP) is 0.483. The highest BCUT2D eigenvalue weighted by atomic mass is 32.2. The number of aryl methyl sites for hydroxylation is 1. The Morgan fingerprint density at radius 3 is 2.29 bits per heavy atom. The maximum absolute atomic E-state index is 13.7. The van der Waals surface area contributed by atoms with Gasteiger partial charge in [0.15, 0.2) is 0 Å². The molecule has 5 nitrogen and oxygen atoms in total. The quantitative estimate of drug-likeness (QED) is 0.840. The van der Waals surface area contributed by atoms with Crippen molar-refractivity contribution in [2.75, 3.05) is 14.1 Å². The topological polar surface area (TPSA) is 80.5 Å². The normalized spacial score (nSPS) is 11.4. The van der Waals surface area contributed by atoms with E-state index in [0.717, 1.165) is 17.0 Å². The summed E-state index contributed by atoms with van der Waals surface area (Å²) in [5.74, 6) is -1.35. The maximum atomic E-state index is 13.7. The van der Waals surface area contributed by atoms with E-state index in [2.05, 4.69) is 0 Å². The van der Waals surface area contributed by atoms with E-state index in [0.29, 0.717) is 0 Å². The lowest BCUT2D eigenvalue weighted by atomic mass is 10.1. The number of nitrogens with two attached hydrogens (primary N) is 1. The Kier molecular flexibility index (Phi) is 3.53. The highest BCUT2D eigenvalue weighted by Crippen LogP contribution is 2.19. The Balaban J connectivity index is 3.51. The molecule has 0 aromatic heterocycles. The van der Waals surface area contributed by atoms with Gasteiger partial charge < -0.3 is 4.90 Å². The number of nitrogens with zero attached hydrogens (tertiary/aromatic N) is 1. The van der Waals surface area contributed by atoms with Gasteiger partial charge >= 0.3 is 0 Å². The summed E-state index contributed by atoms with van der Waals surface area (Å²) in [7, 11) is -1.07. The third-order valence-electron chi connectivity index (χ3n) is 2.19. The monoisotopic (exact) mass is 260 g/mol. The summed E-state index contributed by atoms with van der Waals surface area (Å²) in [5.41, 5.74) is -0.249. The Morgan fingerprint density at radius 1 is 1.35 bits per heavy atom. The molecule has 2 N–H and O–H groups in total. The van der Waals surface area contributed by atoms with E-state index in [1.807, 2.05) is 0 Å². The first kappa shape index (κ1) is 13.6. The molecule has 0 saturated heterocycles. The molecule has 0 spiro atoms. The smallest absolute Gasteiger partial charge is 0.256 e. The van der Waals surface area contributed by atoms with Crippen LogP contribution in [0.2, 0.25) is 0 Å². The van der Waals surface area contributed by atoms with Crippen LogP contribution in [0.1, 0.15) is 15.9 Å². The molecule has 0 bridgehead atoms. The van der Waals surface area contributed by atoms with Crippen molar-refractivity contribution in [2.45, 2.75) is 11.8 Å². The van der Waals surface area contributed by atoms with Crippen molar-refractivity contribution in [1.29, 1.82) is 0 Å². The standard InChI is InChI=1S/C10H13FN2O3S/c1-6-4-7(17(12,15)16)5-8(9(6)11)10(14)13(2)3/h4-5H,1-3H3,(H2,12,15,16). The van der Waals surface area contributed by atoms with Crippen LogP contribution in [0.5, 0.6) is 0 Å². The fourth-order valence-electron chi connectivity index (χ4n) is 1.30. The molecular formula is C10H13FN2O3S. The molecule has 1 aromatic rings. The molecule has 17 heavy (non-hydrogen) atoms. The van der Waals surface area contributed by atoms with Crippen molar-refractivity contribution in [2.24, 2.45) is 5.14 Å². The fourth-order valence-corrected chi connectivity index (χ4v) is 1.92. The molecule has 94 valence electrons. The van der Waals surface area contributed by atoms with Gasteiger partial charge in [-0.25, -0.2) is 17.9 Å². The van der Waals surface area contributed by atoms with Crippen molar-refractivity contribution in [3.8, 4) is 0 Å². The van der Waals surface area contributed by atoms with Crippen LogP contribution in [0.15, 0.2) is 17.0 Å². The van der Waals surface area contributed by atoms with Gasteiger partial charge in [-0.2, -0.15) is 0 Å². The highest BCUT2D eigenvalue weighted by Gasteiger charge is 2.20. The minimum Gasteiger partial charge on any atom is -0.345 e. The van der Waals surface area contributed by atoms with Crippen LogP contribution in [0, 0.1) is 12.7 Å². The Labute approximate surface area is 99.1 Å². The fraction of sp³-hybridized carbons (Fsp3) is 0.300. The van der Waals surface area contributed by atoms with Crippen molar-refractivity contribution in [3.63, 3.8) is 0 Å². The van der Waals surface area contributed by atoms with Crippen LogP contribution < -0.4 is 5.14 Å². The molecule has 0 atom stereocenters. The summed E-state index contributed by atoms with van der Waals surface area (Å²) in [6.45, 7) is 1.37. The number of carbonyl (C=O) groups is 1. The molecule has 1 amide bonds. The van der Waals surface area contributed by atoms with Gasteiger partial charge in [0.2, 0.25) is 10.0 Å². The maximum Gasteiger partial charge on any atom is 0.256 e. The number of hydrogen-bond donors (Lipinski definition) is 1. The second-order valence-electron chi connectivity index (χ2n) is 3.85. The molecule has 0 unspecified atom stereocenters. The SMILES string of the molecule is Cc1cc(S(N)(=O)=O)cc(C(=O)N(C)C)c1F. The lowest BCUT2D eigenvalue weighted by molar-refractivity contribution is 0.0822. The number of sulfonamides is 1. The zero-order valence-corrected chi connectivity index (χ0v) is 10.5. The number of halogens is 1. The average Bonchev–Trinajstić information content (AvgIpc) is 2.19. The Morgan fingerprint density at radius 2 is 1.88 bits per heavy atom. The molecule has 0 radical (unpaired) electrons. The molecule has 1 rings (SSSR count). The van der Waals surface area contributed by atoms with Gasteiger partial charge in [-0.3, -0.25) is 4.79 Å². The molecule has 1 aromatic carbocycles. The number of carbonyl (C=O) groups excluding carboxylic acids is 1. The van der Waals surface area contributed by atoms with E-state index >= 15 is 0 Å². The minimum absolute atomic E-state index is 0.0572. The van der Waals surface area contributed by atoms with Crippen LogP contribution in [0.3, 0.4) is 0 Å². The lowest BCUT2D eigenvalue weighted by Crippen LogP contribution is -2.24. The summed E-state index contributed by atoms with van der Waals surface area (Å²) in [6, 6.07) is 2.04. The van der Waals surface area contributed by atoms with Crippen molar-refractivity contribution >= 4 is 15.9 Å². The van der Waals surface area contributed by atoms with Gasteiger partial charge in [0, 0.05) is 14.1 Å². The van der Waals surface area contributed by atoms with Crippen LogP contribution in [0.25, 0.3) is 0 Å². The number of rotatable bonds is 2. The Hall–Kier alpha value is -1.47. The van der Waals surface area contributed by atoms with Gasteiger partial charge in [0.05, 0.1) is 10.5 Å². The lowest BCUT2D eigenvalue weighted by Gasteiger charge is -2.13. The zero-order valence-electron chi connectivity index (χ0n) is 9.69. The largest absolute Gasteiger partial charge is 0.345 e. The molecular weight excluding hydrogens is 247 g/mol. The molecule has 0 aliphatic heterocycles. The minimum atomic E-state index is -3.96.